The third-order valence-corrected chi connectivity index (χ3v) is 7.82. The minimum Gasteiger partial charge on any atom is -0.330 e. The monoisotopic (exact) mass is 372 g/mol. The van der Waals surface area contributed by atoms with Gasteiger partial charge in [0, 0.05) is 17.1 Å². The Morgan fingerprint density at radius 3 is 2.62 bits per heavy atom. The van der Waals surface area contributed by atoms with E-state index in [0.29, 0.717) is 27.9 Å². The maximum absolute atomic E-state index is 12.4. The summed E-state index contributed by atoms with van der Waals surface area (Å²) in [6.07, 6.45) is 2.62. The molecule has 0 spiro atoms. The fourth-order valence-corrected chi connectivity index (χ4v) is 5.96. The lowest BCUT2D eigenvalue weighted by atomic mass is 10.00. The molecule has 1 aromatic carbocycles. The molecule has 1 aliphatic carbocycles. The van der Waals surface area contributed by atoms with Crippen molar-refractivity contribution in [1.82, 2.24) is 4.90 Å². The molecule has 6 heteroatoms. The summed E-state index contributed by atoms with van der Waals surface area (Å²) in [7, 11) is -1.05. The van der Waals surface area contributed by atoms with E-state index in [0.717, 1.165) is 31.4 Å². The molecule has 0 bridgehead atoms. The molecule has 2 aliphatic rings. The van der Waals surface area contributed by atoms with E-state index >= 15 is 0 Å². The van der Waals surface area contributed by atoms with Gasteiger partial charge in [0.2, 0.25) is 0 Å². The second kappa shape index (κ2) is 5.65. The van der Waals surface area contributed by atoms with E-state index in [1.807, 2.05) is 12.1 Å². The largest absolute Gasteiger partial charge is 0.330 e. The fraction of sp³-hybridized carbons (Fsp3) is 0.600. The molecule has 0 amide bonds. The molecule has 116 valence electrons. The molecule has 4 nitrogen and oxygen atoms in total. The Morgan fingerprint density at radius 1 is 1.38 bits per heavy atom. The van der Waals surface area contributed by atoms with Gasteiger partial charge in [-0.05, 0) is 72.4 Å². The van der Waals surface area contributed by atoms with Crippen LogP contribution in [0, 0.1) is 5.92 Å². The standard InChI is InChI=1S/C15H21BrN2O2S/c1-18-9-10(8-17)6-14(18)11-2-5-15(13(16)7-11)21(19,20)12-3-4-12/h2,5,7,10,12,14H,3-4,6,8-9,17H2,1H3. The van der Waals surface area contributed by atoms with Crippen molar-refractivity contribution in [3.63, 3.8) is 0 Å². The lowest BCUT2D eigenvalue weighted by molar-refractivity contribution is 0.313. The average Bonchev–Trinajstić information content (AvgIpc) is 3.22. The molecular formula is C15H21BrN2O2S. The van der Waals surface area contributed by atoms with E-state index in [9.17, 15) is 8.42 Å². The number of hydrogen-bond donors (Lipinski definition) is 1. The van der Waals surface area contributed by atoms with Crippen molar-refractivity contribution in [1.29, 1.82) is 0 Å². The van der Waals surface area contributed by atoms with Crippen LogP contribution in [0.4, 0.5) is 0 Å². The highest BCUT2D eigenvalue weighted by Gasteiger charge is 2.38. The predicted octanol–water partition coefficient (Wildman–Crippen LogP) is 2.34. The maximum Gasteiger partial charge on any atom is 0.182 e. The van der Waals surface area contributed by atoms with Crippen molar-refractivity contribution in [2.45, 2.75) is 35.4 Å². The first-order valence-corrected chi connectivity index (χ1v) is 9.71. The summed E-state index contributed by atoms with van der Waals surface area (Å²) < 4.78 is 25.4. The molecule has 1 aromatic rings. The highest BCUT2D eigenvalue weighted by molar-refractivity contribution is 9.10. The summed E-state index contributed by atoms with van der Waals surface area (Å²) in [6, 6.07) is 6.01. The van der Waals surface area contributed by atoms with Gasteiger partial charge in [0.25, 0.3) is 0 Å². The van der Waals surface area contributed by atoms with E-state index in [-0.39, 0.29) is 5.25 Å². The van der Waals surface area contributed by atoms with Gasteiger partial charge in [0.05, 0.1) is 10.1 Å². The number of nitrogens with two attached hydrogens (primary N) is 1. The number of likely N-dealkylation sites (tertiary alicyclic amines) is 1. The van der Waals surface area contributed by atoms with Crippen molar-refractivity contribution in [2.24, 2.45) is 11.7 Å². The Kier molecular flexibility index (Phi) is 4.16. The second-order valence-corrected chi connectivity index (χ2v) is 9.28. The van der Waals surface area contributed by atoms with Crippen molar-refractivity contribution >= 4 is 25.8 Å². The molecular weight excluding hydrogens is 352 g/mol. The average molecular weight is 373 g/mol. The zero-order valence-corrected chi connectivity index (χ0v) is 14.5. The minimum atomic E-state index is -3.15. The van der Waals surface area contributed by atoms with Gasteiger partial charge in [0.1, 0.15) is 0 Å². The zero-order chi connectivity index (χ0) is 15.2. The van der Waals surface area contributed by atoms with Gasteiger partial charge in [-0.2, -0.15) is 0 Å². The second-order valence-electron chi connectivity index (χ2n) is 6.23. The molecule has 2 unspecified atom stereocenters. The molecule has 1 saturated heterocycles. The van der Waals surface area contributed by atoms with Crippen LogP contribution in [0.25, 0.3) is 0 Å². The molecule has 0 aromatic heterocycles. The van der Waals surface area contributed by atoms with Crippen molar-refractivity contribution < 1.29 is 8.42 Å². The molecule has 3 rings (SSSR count). The maximum atomic E-state index is 12.4. The van der Waals surface area contributed by atoms with Crippen molar-refractivity contribution in [3.8, 4) is 0 Å². The van der Waals surface area contributed by atoms with Gasteiger partial charge >= 0.3 is 0 Å². The highest BCUT2D eigenvalue weighted by Crippen LogP contribution is 2.39. The van der Waals surface area contributed by atoms with Crippen LogP contribution in [0.3, 0.4) is 0 Å². The number of hydrogen-bond acceptors (Lipinski definition) is 4. The number of halogens is 1. The predicted molar refractivity (Wildman–Crippen MR) is 86.9 cm³/mol. The lowest BCUT2D eigenvalue weighted by Crippen LogP contribution is -2.20. The van der Waals surface area contributed by atoms with E-state index < -0.39 is 9.84 Å². The van der Waals surface area contributed by atoms with E-state index in [1.165, 1.54) is 0 Å². The summed E-state index contributed by atoms with van der Waals surface area (Å²) in [4.78, 5) is 2.73. The normalized spacial score (nSPS) is 27.2. The third-order valence-electron chi connectivity index (χ3n) is 4.58. The molecule has 21 heavy (non-hydrogen) atoms. The van der Waals surface area contributed by atoms with Crippen LogP contribution in [-0.4, -0.2) is 38.7 Å². The summed E-state index contributed by atoms with van der Waals surface area (Å²) in [5.74, 6) is 0.522. The smallest absolute Gasteiger partial charge is 0.182 e. The number of nitrogens with zero attached hydrogens (tertiary/aromatic N) is 1. The van der Waals surface area contributed by atoms with Crippen molar-refractivity contribution in [3.05, 3.63) is 28.2 Å². The Bertz CT molecular complexity index is 643. The minimum absolute atomic E-state index is 0.171. The number of sulfone groups is 1. The molecule has 2 fully saturated rings. The molecule has 0 radical (unpaired) electrons. The number of benzene rings is 1. The summed E-state index contributed by atoms with van der Waals surface area (Å²) in [5, 5.41) is -0.171. The molecule has 1 saturated carbocycles. The van der Waals surface area contributed by atoms with Gasteiger partial charge in [-0.3, -0.25) is 4.90 Å². The Labute approximate surface area is 134 Å². The van der Waals surface area contributed by atoms with Gasteiger partial charge in [-0.1, -0.05) is 6.07 Å². The van der Waals surface area contributed by atoms with Crippen LogP contribution >= 0.6 is 15.9 Å². The third kappa shape index (κ3) is 2.91. The number of rotatable bonds is 4. The Balaban J connectivity index is 1.88. The van der Waals surface area contributed by atoms with E-state index in [1.54, 1.807) is 6.07 Å². The van der Waals surface area contributed by atoms with E-state index in [4.69, 9.17) is 5.73 Å². The first-order chi connectivity index (χ1) is 9.93. The molecule has 1 heterocycles. The quantitative estimate of drug-likeness (QED) is 0.880. The van der Waals surface area contributed by atoms with Gasteiger partial charge in [0.15, 0.2) is 9.84 Å². The van der Waals surface area contributed by atoms with Crippen LogP contribution in [-0.2, 0) is 9.84 Å². The fourth-order valence-electron chi connectivity index (χ4n) is 3.18. The SMILES string of the molecule is CN1CC(CN)CC1c1ccc(S(=O)(=O)C2CC2)c(Br)c1. The molecule has 2 N–H and O–H groups in total. The first kappa shape index (κ1) is 15.5. The lowest BCUT2D eigenvalue weighted by Gasteiger charge is -2.20. The first-order valence-electron chi connectivity index (χ1n) is 7.37. The molecule has 2 atom stereocenters. The zero-order valence-electron chi connectivity index (χ0n) is 12.1. The topological polar surface area (TPSA) is 63.4 Å². The summed E-state index contributed by atoms with van der Waals surface area (Å²) >= 11 is 3.46. The summed E-state index contributed by atoms with van der Waals surface area (Å²) in [5.41, 5.74) is 6.93. The van der Waals surface area contributed by atoms with Crippen LogP contribution in [0.15, 0.2) is 27.6 Å². The van der Waals surface area contributed by atoms with Gasteiger partial charge in [-0.15, -0.1) is 0 Å². The Morgan fingerprint density at radius 2 is 2.10 bits per heavy atom. The summed E-state index contributed by atoms with van der Waals surface area (Å²) in [6.45, 7) is 1.71. The van der Waals surface area contributed by atoms with Crippen molar-refractivity contribution in [2.75, 3.05) is 20.1 Å². The van der Waals surface area contributed by atoms with Crippen LogP contribution in [0.5, 0.6) is 0 Å². The van der Waals surface area contributed by atoms with E-state index in [2.05, 4.69) is 27.9 Å². The van der Waals surface area contributed by atoms with Crippen LogP contribution in [0.1, 0.15) is 30.9 Å². The molecule has 1 aliphatic heterocycles. The van der Waals surface area contributed by atoms with Crippen LogP contribution in [0.2, 0.25) is 0 Å². The van der Waals surface area contributed by atoms with Gasteiger partial charge < -0.3 is 5.73 Å². The highest BCUT2D eigenvalue weighted by atomic mass is 79.9. The van der Waals surface area contributed by atoms with Gasteiger partial charge in [-0.25, -0.2) is 8.42 Å². The van der Waals surface area contributed by atoms with Crippen LogP contribution < -0.4 is 5.73 Å². The Hall–Kier alpha value is -0.430.